The van der Waals surface area contributed by atoms with Crippen molar-refractivity contribution in [1.29, 1.82) is 0 Å². The Hall–Kier alpha value is -1.27. The Morgan fingerprint density at radius 2 is 2.18 bits per heavy atom. The van der Waals surface area contributed by atoms with Gasteiger partial charge in [-0.05, 0) is 18.2 Å². The van der Waals surface area contributed by atoms with E-state index in [0.717, 1.165) is 0 Å². The number of alkyl halides is 1. The molecule has 0 saturated heterocycles. The zero-order valence-corrected chi connectivity index (χ0v) is 10.9. The van der Waals surface area contributed by atoms with Crippen LogP contribution >= 0.6 is 15.9 Å². The van der Waals surface area contributed by atoms with Gasteiger partial charge in [-0.1, -0.05) is 15.9 Å². The van der Waals surface area contributed by atoms with Gasteiger partial charge in [0.25, 0.3) is 5.91 Å². The first-order valence-electron chi connectivity index (χ1n) is 4.96. The van der Waals surface area contributed by atoms with Gasteiger partial charge < -0.3 is 20.3 Å². The number of hydrogen-bond donors (Lipinski definition) is 3. The zero-order chi connectivity index (χ0) is 12.8. The lowest BCUT2D eigenvalue weighted by Crippen LogP contribution is -2.39. The van der Waals surface area contributed by atoms with Crippen LogP contribution in [-0.4, -0.2) is 41.2 Å². The van der Waals surface area contributed by atoms with Crippen molar-refractivity contribution in [3.8, 4) is 11.5 Å². The second-order valence-electron chi connectivity index (χ2n) is 3.48. The molecule has 0 radical (unpaired) electrons. The quantitative estimate of drug-likeness (QED) is 0.565. The normalized spacial score (nSPS) is 12.1. The molecule has 94 valence electrons. The molecule has 0 fully saturated rings. The number of halogens is 1. The largest absolute Gasteiger partial charge is 0.504 e. The number of methoxy groups -OCH3 is 1. The lowest BCUT2D eigenvalue weighted by Gasteiger charge is -2.15. The predicted octanol–water partition coefficient (Wildman–Crippen LogP) is 1.24. The van der Waals surface area contributed by atoms with E-state index in [9.17, 15) is 9.90 Å². The Bertz CT molecular complexity index is 397. The average molecular weight is 304 g/mol. The average Bonchev–Trinajstić information content (AvgIpc) is 2.31. The Labute approximate surface area is 108 Å². The first-order chi connectivity index (χ1) is 8.08. The lowest BCUT2D eigenvalue weighted by atomic mass is 10.2. The van der Waals surface area contributed by atoms with E-state index < -0.39 is 0 Å². The fraction of sp³-hybridized carbons (Fsp3) is 0.364. The summed E-state index contributed by atoms with van der Waals surface area (Å²) in [5, 5.41) is 21.7. The van der Waals surface area contributed by atoms with Gasteiger partial charge in [-0.25, -0.2) is 0 Å². The van der Waals surface area contributed by atoms with E-state index in [2.05, 4.69) is 21.2 Å². The number of phenols is 2. The molecule has 1 rings (SSSR count). The maximum atomic E-state index is 11.8. The topological polar surface area (TPSA) is 78.8 Å². The number of phenolic OH excluding ortho intramolecular Hbond substituents is 2. The van der Waals surface area contributed by atoms with E-state index in [1.165, 1.54) is 18.2 Å². The Morgan fingerprint density at radius 1 is 1.47 bits per heavy atom. The molecular formula is C11H14BrNO4. The van der Waals surface area contributed by atoms with Crippen molar-refractivity contribution in [1.82, 2.24) is 5.32 Å². The number of benzene rings is 1. The molecular weight excluding hydrogens is 290 g/mol. The van der Waals surface area contributed by atoms with Gasteiger partial charge in [-0.3, -0.25) is 4.79 Å². The summed E-state index contributed by atoms with van der Waals surface area (Å²) in [4.78, 5) is 11.8. The predicted molar refractivity (Wildman–Crippen MR) is 66.7 cm³/mol. The van der Waals surface area contributed by atoms with Crippen LogP contribution < -0.4 is 5.32 Å². The summed E-state index contributed by atoms with van der Waals surface area (Å²) in [6.45, 7) is 0.390. The molecule has 17 heavy (non-hydrogen) atoms. The van der Waals surface area contributed by atoms with E-state index in [4.69, 9.17) is 9.84 Å². The maximum absolute atomic E-state index is 11.8. The van der Waals surface area contributed by atoms with Crippen LogP contribution in [0.15, 0.2) is 18.2 Å². The summed E-state index contributed by atoms with van der Waals surface area (Å²) in [6.07, 6.45) is 0. The molecule has 1 aromatic carbocycles. The second kappa shape index (κ2) is 6.46. The van der Waals surface area contributed by atoms with Crippen LogP contribution in [0.5, 0.6) is 11.5 Å². The van der Waals surface area contributed by atoms with Crippen LogP contribution in [0.4, 0.5) is 0 Å². The molecule has 5 nitrogen and oxygen atoms in total. The summed E-state index contributed by atoms with van der Waals surface area (Å²) in [5.74, 6) is -0.905. The van der Waals surface area contributed by atoms with Crippen LogP contribution in [0.1, 0.15) is 10.4 Å². The minimum Gasteiger partial charge on any atom is -0.504 e. The van der Waals surface area contributed by atoms with Gasteiger partial charge >= 0.3 is 0 Å². The number of hydrogen-bond acceptors (Lipinski definition) is 4. The van der Waals surface area contributed by atoms with E-state index in [-0.39, 0.29) is 29.0 Å². The van der Waals surface area contributed by atoms with E-state index in [1.54, 1.807) is 7.11 Å². The van der Waals surface area contributed by atoms with Gasteiger partial charge in [0.1, 0.15) is 0 Å². The van der Waals surface area contributed by atoms with E-state index >= 15 is 0 Å². The zero-order valence-electron chi connectivity index (χ0n) is 9.31. The Kier molecular flexibility index (Phi) is 5.24. The first kappa shape index (κ1) is 13.8. The summed E-state index contributed by atoms with van der Waals surface area (Å²) < 4.78 is 4.94. The summed E-state index contributed by atoms with van der Waals surface area (Å²) >= 11 is 3.26. The molecule has 6 heteroatoms. The van der Waals surface area contributed by atoms with Crippen molar-refractivity contribution in [3.63, 3.8) is 0 Å². The van der Waals surface area contributed by atoms with Crippen LogP contribution in [0, 0.1) is 0 Å². The molecule has 0 saturated carbocycles. The molecule has 3 N–H and O–H groups in total. The number of amides is 1. The molecule has 0 aliphatic heterocycles. The maximum Gasteiger partial charge on any atom is 0.251 e. The van der Waals surface area contributed by atoms with Crippen molar-refractivity contribution in [2.45, 2.75) is 6.04 Å². The highest BCUT2D eigenvalue weighted by molar-refractivity contribution is 9.09. The van der Waals surface area contributed by atoms with Crippen LogP contribution in [0.3, 0.4) is 0 Å². The third-order valence-corrected chi connectivity index (χ3v) is 2.91. The van der Waals surface area contributed by atoms with Crippen molar-refractivity contribution in [2.75, 3.05) is 19.0 Å². The van der Waals surface area contributed by atoms with Crippen molar-refractivity contribution < 1.29 is 19.7 Å². The van der Waals surface area contributed by atoms with Crippen LogP contribution in [0.2, 0.25) is 0 Å². The molecule has 0 aliphatic rings. The van der Waals surface area contributed by atoms with Gasteiger partial charge in [0, 0.05) is 18.0 Å². The standard InChI is InChI=1S/C11H14BrNO4/c1-17-6-8(5-12)13-11(16)7-2-3-9(14)10(15)4-7/h2-4,8,14-15H,5-6H2,1H3,(H,13,16). The highest BCUT2D eigenvalue weighted by Gasteiger charge is 2.13. The van der Waals surface area contributed by atoms with E-state index in [0.29, 0.717) is 11.9 Å². The molecule has 0 bridgehead atoms. The smallest absolute Gasteiger partial charge is 0.251 e. The number of carbonyl (C=O) groups is 1. The minimum absolute atomic E-state index is 0.150. The minimum atomic E-state index is -0.332. The molecule has 0 spiro atoms. The van der Waals surface area contributed by atoms with Crippen molar-refractivity contribution >= 4 is 21.8 Å². The van der Waals surface area contributed by atoms with Crippen molar-refractivity contribution in [2.24, 2.45) is 0 Å². The Balaban J connectivity index is 2.72. The number of ether oxygens (including phenoxy) is 1. The molecule has 1 unspecified atom stereocenters. The second-order valence-corrected chi connectivity index (χ2v) is 4.13. The summed E-state index contributed by atoms with van der Waals surface area (Å²) in [5.41, 5.74) is 0.280. The highest BCUT2D eigenvalue weighted by atomic mass is 79.9. The Morgan fingerprint density at radius 3 is 2.71 bits per heavy atom. The molecule has 0 heterocycles. The third kappa shape index (κ3) is 3.90. The van der Waals surface area contributed by atoms with Crippen LogP contribution in [0.25, 0.3) is 0 Å². The lowest BCUT2D eigenvalue weighted by molar-refractivity contribution is 0.0907. The van der Waals surface area contributed by atoms with Gasteiger partial charge in [-0.2, -0.15) is 0 Å². The molecule has 1 amide bonds. The summed E-state index contributed by atoms with van der Waals surface area (Å²) in [6, 6.07) is 3.76. The molecule has 1 atom stereocenters. The third-order valence-electron chi connectivity index (χ3n) is 2.13. The van der Waals surface area contributed by atoms with E-state index in [1.807, 2.05) is 0 Å². The van der Waals surface area contributed by atoms with Gasteiger partial charge in [0.05, 0.1) is 12.6 Å². The van der Waals surface area contributed by atoms with Gasteiger partial charge in [0.15, 0.2) is 11.5 Å². The SMILES string of the molecule is COCC(CBr)NC(=O)c1ccc(O)c(O)c1. The van der Waals surface area contributed by atoms with Gasteiger partial charge in [-0.15, -0.1) is 0 Å². The number of aromatic hydroxyl groups is 2. The highest BCUT2D eigenvalue weighted by Crippen LogP contribution is 2.24. The number of carbonyl (C=O) groups excluding carboxylic acids is 1. The number of rotatable bonds is 5. The van der Waals surface area contributed by atoms with Crippen LogP contribution in [-0.2, 0) is 4.74 Å². The monoisotopic (exact) mass is 303 g/mol. The molecule has 0 aliphatic carbocycles. The molecule has 0 aromatic heterocycles. The number of nitrogens with one attached hydrogen (secondary N) is 1. The summed E-state index contributed by atoms with van der Waals surface area (Å²) in [7, 11) is 1.55. The molecule has 1 aromatic rings. The van der Waals surface area contributed by atoms with Gasteiger partial charge in [0.2, 0.25) is 0 Å². The van der Waals surface area contributed by atoms with Crippen molar-refractivity contribution in [3.05, 3.63) is 23.8 Å². The first-order valence-corrected chi connectivity index (χ1v) is 6.08. The fourth-order valence-corrected chi connectivity index (χ4v) is 1.61. The fourth-order valence-electron chi connectivity index (χ4n) is 1.26.